The minimum absolute atomic E-state index is 0.276. The van der Waals surface area contributed by atoms with E-state index in [1.807, 2.05) is 13.8 Å². The van der Waals surface area contributed by atoms with E-state index >= 15 is 0 Å². The molecule has 0 saturated heterocycles. The van der Waals surface area contributed by atoms with E-state index in [2.05, 4.69) is 0 Å². The van der Waals surface area contributed by atoms with E-state index in [1.165, 1.54) is 6.26 Å². The number of carboxylic acid groups (broad SMARTS) is 1. The fourth-order valence-electron chi connectivity index (χ4n) is 1.14. The summed E-state index contributed by atoms with van der Waals surface area (Å²) < 4.78 is 4.80. The molecule has 0 spiro atoms. The summed E-state index contributed by atoms with van der Waals surface area (Å²) in [6, 6.07) is 1.01. The Bertz CT molecular complexity index is 389. The van der Waals surface area contributed by atoms with Gasteiger partial charge in [-0.3, -0.25) is 4.79 Å². The summed E-state index contributed by atoms with van der Waals surface area (Å²) in [7, 11) is 0. The fraction of sp³-hybridized carbons (Fsp3) is 0.400. The van der Waals surface area contributed by atoms with Gasteiger partial charge in [-0.2, -0.15) is 0 Å². The zero-order valence-corrected chi connectivity index (χ0v) is 8.11. The molecule has 4 nitrogen and oxygen atoms in total. The third kappa shape index (κ3) is 2.45. The van der Waals surface area contributed by atoms with Gasteiger partial charge in [0.2, 0.25) is 5.76 Å². The van der Waals surface area contributed by atoms with Gasteiger partial charge in [-0.25, -0.2) is 4.79 Å². The maximum Gasteiger partial charge on any atom is 0.371 e. The van der Waals surface area contributed by atoms with Crippen molar-refractivity contribution in [1.29, 1.82) is 0 Å². The van der Waals surface area contributed by atoms with E-state index in [1.54, 1.807) is 0 Å². The van der Waals surface area contributed by atoms with Gasteiger partial charge in [-0.15, -0.1) is 0 Å². The fourth-order valence-corrected chi connectivity index (χ4v) is 1.14. The average molecular weight is 196 g/mol. The molecule has 1 N–H and O–H groups in total. The first-order chi connectivity index (χ1) is 6.50. The van der Waals surface area contributed by atoms with Crippen molar-refractivity contribution in [3.8, 4) is 0 Å². The minimum atomic E-state index is -1.22. The summed E-state index contributed by atoms with van der Waals surface area (Å²) in [5, 5.41) is 8.55. The topological polar surface area (TPSA) is 67.5 Å². The molecule has 14 heavy (non-hydrogen) atoms. The molecule has 0 aliphatic rings. The number of rotatable bonds is 3. The van der Waals surface area contributed by atoms with Gasteiger partial charge in [0, 0.05) is 11.6 Å². The molecular weight excluding hydrogens is 184 g/mol. The molecule has 0 radical (unpaired) electrons. The predicted molar refractivity (Wildman–Crippen MR) is 50.5 cm³/mol. The van der Waals surface area contributed by atoms with Crippen LogP contribution in [0.1, 0.15) is 30.0 Å². The van der Waals surface area contributed by atoms with Crippen LogP contribution in [0.4, 0.5) is 0 Å². The number of carbonyl (C=O) groups is 1. The van der Waals surface area contributed by atoms with Crippen LogP contribution in [0.2, 0.25) is 0 Å². The van der Waals surface area contributed by atoms with Gasteiger partial charge < -0.3 is 9.52 Å². The standard InChI is InChI=1S/C10H12O4/c1-6(2)3-7-5-14-9(10(12)13)4-8(7)11/h4-6H,3H2,1-2H3,(H,12,13). The van der Waals surface area contributed by atoms with Crippen molar-refractivity contribution in [2.45, 2.75) is 20.3 Å². The number of hydrogen-bond donors (Lipinski definition) is 1. The first-order valence-electron chi connectivity index (χ1n) is 4.35. The molecule has 1 rings (SSSR count). The highest BCUT2D eigenvalue weighted by atomic mass is 16.4. The Kier molecular flexibility index (Phi) is 3.06. The highest BCUT2D eigenvalue weighted by molar-refractivity contribution is 5.84. The second-order valence-corrected chi connectivity index (χ2v) is 3.54. The molecule has 0 fully saturated rings. The Hall–Kier alpha value is -1.58. The maximum absolute atomic E-state index is 11.4. The zero-order valence-electron chi connectivity index (χ0n) is 8.11. The molecule has 0 amide bonds. The van der Waals surface area contributed by atoms with Crippen molar-refractivity contribution < 1.29 is 14.3 Å². The Morgan fingerprint density at radius 3 is 2.64 bits per heavy atom. The summed E-state index contributed by atoms with van der Waals surface area (Å²) >= 11 is 0. The SMILES string of the molecule is CC(C)Cc1coc(C(=O)O)cc1=O. The van der Waals surface area contributed by atoms with Crippen molar-refractivity contribution in [2.75, 3.05) is 0 Å². The van der Waals surface area contributed by atoms with Crippen LogP contribution in [-0.2, 0) is 6.42 Å². The summed E-state index contributed by atoms with van der Waals surface area (Å²) in [4.78, 5) is 21.8. The second-order valence-electron chi connectivity index (χ2n) is 3.54. The number of hydrogen-bond acceptors (Lipinski definition) is 3. The van der Waals surface area contributed by atoms with Crippen LogP contribution in [-0.4, -0.2) is 11.1 Å². The van der Waals surface area contributed by atoms with Crippen LogP contribution in [0.15, 0.2) is 21.5 Å². The molecule has 0 atom stereocenters. The zero-order chi connectivity index (χ0) is 10.7. The van der Waals surface area contributed by atoms with Crippen LogP contribution in [0.5, 0.6) is 0 Å². The molecule has 4 heteroatoms. The molecule has 76 valence electrons. The van der Waals surface area contributed by atoms with Crippen molar-refractivity contribution in [3.63, 3.8) is 0 Å². The van der Waals surface area contributed by atoms with E-state index in [0.29, 0.717) is 17.9 Å². The molecule has 1 aromatic heterocycles. The smallest absolute Gasteiger partial charge is 0.371 e. The lowest BCUT2D eigenvalue weighted by Gasteiger charge is -2.02. The van der Waals surface area contributed by atoms with Crippen LogP contribution in [0.3, 0.4) is 0 Å². The highest BCUT2D eigenvalue weighted by Crippen LogP contribution is 2.05. The van der Waals surface area contributed by atoms with Gasteiger partial charge in [0.05, 0.1) is 6.26 Å². The summed E-state index contributed by atoms with van der Waals surface area (Å²) in [6.45, 7) is 3.95. The van der Waals surface area contributed by atoms with Gasteiger partial charge >= 0.3 is 5.97 Å². The maximum atomic E-state index is 11.4. The van der Waals surface area contributed by atoms with Gasteiger partial charge in [0.25, 0.3) is 0 Å². The van der Waals surface area contributed by atoms with Crippen molar-refractivity contribution in [2.24, 2.45) is 5.92 Å². The summed E-state index contributed by atoms with van der Waals surface area (Å²) in [5.41, 5.74) is 0.243. The second kappa shape index (κ2) is 4.09. The average Bonchev–Trinajstić information content (AvgIpc) is 2.07. The molecule has 0 aliphatic carbocycles. The van der Waals surface area contributed by atoms with Crippen LogP contribution in [0, 0.1) is 5.92 Å². The predicted octanol–water partition coefficient (Wildman–Crippen LogP) is 1.54. The van der Waals surface area contributed by atoms with Crippen molar-refractivity contribution in [1.82, 2.24) is 0 Å². The summed E-state index contributed by atoms with van der Waals surface area (Å²) in [5.74, 6) is -1.20. The summed E-state index contributed by atoms with van der Waals surface area (Å²) in [6.07, 6.45) is 1.83. The Labute approximate surface area is 81.2 Å². The van der Waals surface area contributed by atoms with Gasteiger partial charge in [-0.05, 0) is 12.3 Å². The molecule has 1 aromatic rings. The Morgan fingerprint density at radius 2 is 2.21 bits per heavy atom. The van der Waals surface area contributed by atoms with Gasteiger partial charge in [0.15, 0.2) is 5.43 Å². The first-order valence-corrected chi connectivity index (χ1v) is 4.35. The van der Waals surface area contributed by atoms with E-state index in [9.17, 15) is 9.59 Å². The largest absolute Gasteiger partial charge is 0.475 e. The minimum Gasteiger partial charge on any atom is -0.475 e. The number of carboxylic acids is 1. The van der Waals surface area contributed by atoms with Crippen LogP contribution < -0.4 is 5.43 Å². The Morgan fingerprint density at radius 1 is 1.57 bits per heavy atom. The monoisotopic (exact) mass is 196 g/mol. The third-order valence-corrected chi connectivity index (χ3v) is 1.75. The van der Waals surface area contributed by atoms with E-state index in [4.69, 9.17) is 9.52 Å². The van der Waals surface area contributed by atoms with Crippen LogP contribution >= 0.6 is 0 Å². The van der Waals surface area contributed by atoms with Crippen molar-refractivity contribution >= 4 is 5.97 Å². The lowest BCUT2D eigenvalue weighted by molar-refractivity contribution is 0.0659. The quantitative estimate of drug-likeness (QED) is 0.796. The molecule has 0 aromatic carbocycles. The number of aromatic carboxylic acids is 1. The van der Waals surface area contributed by atoms with E-state index < -0.39 is 5.97 Å². The van der Waals surface area contributed by atoms with Crippen molar-refractivity contribution in [3.05, 3.63) is 33.9 Å². The molecule has 0 bridgehead atoms. The van der Waals surface area contributed by atoms with E-state index in [-0.39, 0.29) is 11.2 Å². The third-order valence-electron chi connectivity index (χ3n) is 1.75. The molecule has 0 unspecified atom stereocenters. The normalized spacial score (nSPS) is 10.5. The Balaban J connectivity index is 3.02. The molecule has 0 saturated carbocycles. The van der Waals surface area contributed by atoms with Gasteiger partial charge in [0.1, 0.15) is 0 Å². The van der Waals surface area contributed by atoms with Gasteiger partial charge in [-0.1, -0.05) is 13.8 Å². The molecule has 1 heterocycles. The first kappa shape index (κ1) is 10.5. The molecular formula is C10H12O4. The lowest BCUT2D eigenvalue weighted by atomic mass is 10.0. The highest BCUT2D eigenvalue weighted by Gasteiger charge is 2.09. The van der Waals surface area contributed by atoms with E-state index in [0.717, 1.165) is 6.07 Å². The lowest BCUT2D eigenvalue weighted by Crippen LogP contribution is -2.12. The molecule has 0 aliphatic heterocycles. The van der Waals surface area contributed by atoms with Crippen LogP contribution in [0.25, 0.3) is 0 Å².